The van der Waals surface area contributed by atoms with Crippen LogP contribution in [-0.2, 0) is 4.79 Å². The zero-order chi connectivity index (χ0) is 18.6. The average Bonchev–Trinajstić information content (AvgIpc) is 3.12. The van der Waals surface area contributed by atoms with Gasteiger partial charge in [0.2, 0.25) is 5.91 Å². The summed E-state index contributed by atoms with van der Waals surface area (Å²) >= 11 is 1.99. The van der Waals surface area contributed by atoms with Gasteiger partial charge in [0.1, 0.15) is 5.82 Å². The summed E-state index contributed by atoms with van der Waals surface area (Å²) < 4.78 is 13.8. The number of benzene rings is 1. The highest BCUT2D eigenvalue weighted by molar-refractivity contribution is 7.99. The molecule has 7 heteroatoms. The zero-order valence-electron chi connectivity index (χ0n) is 15.1. The van der Waals surface area contributed by atoms with Crippen LogP contribution in [0.4, 0.5) is 10.1 Å². The maximum absolute atomic E-state index is 13.8. The number of rotatable bonds is 5. The van der Waals surface area contributed by atoms with E-state index in [4.69, 9.17) is 0 Å². The van der Waals surface area contributed by atoms with Crippen LogP contribution in [-0.4, -0.2) is 53.4 Å². The van der Waals surface area contributed by atoms with E-state index in [1.165, 1.54) is 38.0 Å². The van der Waals surface area contributed by atoms with Crippen molar-refractivity contribution in [2.24, 2.45) is 0 Å². The van der Waals surface area contributed by atoms with Crippen LogP contribution in [0.5, 0.6) is 0 Å². The molecule has 1 aromatic carbocycles. The maximum atomic E-state index is 13.8. The van der Waals surface area contributed by atoms with Crippen LogP contribution in [0.1, 0.15) is 43.0 Å². The molecule has 2 fully saturated rings. The van der Waals surface area contributed by atoms with E-state index in [-0.39, 0.29) is 23.0 Å². The first-order chi connectivity index (χ1) is 12.5. The molecule has 2 N–H and O–H groups in total. The topological polar surface area (TPSA) is 61.4 Å². The summed E-state index contributed by atoms with van der Waals surface area (Å²) in [6.45, 7) is 4.07. The summed E-state index contributed by atoms with van der Waals surface area (Å²) in [5.41, 5.74) is 0.447. The minimum Gasteiger partial charge on any atom is -0.350 e. The van der Waals surface area contributed by atoms with Crippen molar-refractivity contribution >= 4 is 29.3 Å². The number of hydrogen-bond acceptors (Lipinski definition) is 4. The number of anilines is 1. The number of halogens is 1. The molecule has 1 saturated heterocycles. The van der Waals surface area contributed by atoms with Crippen molar-refractivity contribution in [1.29, 1.82) is 0 Å². The summed E-state index contributed by atoms with van der Waals surface area (Å²) in [6.07, 6.45) is 4.61. The largest absolute Gasteiger partial charge is 0.350 e. The van der Waals surface area contributed by atoms with E-state index >= 15 is 0 Å². The molecule has 2 amide bonds. The summed E-state index contributed by atoms with van der Waals surface area (Å²) in [7, 11) is 0. The average molecular weight is 380 g/mol. The van der Waals surface area contributed by atoms with Gasteiger partial charge in [0.05, 0.1) is 5.69 Å². The number of nitrogens with one attached hydrogen (secondary N) is 2. The Labute approximate surface area is 158 Å². The van der Waals surface area contributed by atoms with E-state index in [1.807, 2.05) is 11.8 Å². The SMILES string of the molecule is CC(=O)Nc1cc(C(=O)NCC2(N3CCSCC3)CCCC2)ccc1F. The summed E-state index contributed by atoms with van der Waals surface area (Å²) in [6, 6.07) is 4.06. The molecule has 0 radical (unpaired) electrons. The van der Waals surface area contributed by atoms with Gasteiger partial charge in [-0.1, -0.05) is 12.8 Å². The van der Waals surface area contributed by atoms with E-state index in [0.29, 0.717) is 12.1 Å². The first kappa shape index (κ1) is 19.2. The van der Waals surface area contributed by atoms with Crippen molar-refractivity contribution in [2.45, 2.75) is 38.1 Å². The van der Waals surface area contributed by atoms with Crippen molar-refractivity contribution < 1.29 is 14.0 Å². The molecule has 1 heterocycles. The maximum Gasteiger partial charge on any atom is 0.251 e. The van der Waals surface area contributed by atoms with Crippen molar-refractivity contribution in [1.82, 2.24) is 10.2 Å². The molecule has 1 saturated carbocycles. The Morgan fingerprint density at radius 2 is 1.92 bits per heavy atom. The summed E-state index contributed by atoms with van der Waals surface area (Å²) in [5.74, 6) is 1.15. The monoisotopic (exact) mass is 379 g/mol. The molecule has 1 aromatic rings. The number of carbonyl (C=O) groups is 2. The second kappa shape index (κ2) is 8.39. The molecule has 0 spiro atoms. The quantitative estimate of drug-likeness (QED) is 0.826. The lowest BCUT2D eigenvalue weighted by molar-refractivity contribution is -0.114. The zero-order valence-corrected chi connectivity index (χ0v) is 16.0. The fraction of sp³-hybridized carbons (Fsp3) is 0.579. The Morgan fingerprint density at radius 3 is 2.58 bits per heavy atom. The van der Waals surface area contributed by atoms with E-state index in [9.17, 15) is 14.0 Å². The minimum atomic E-state index is -0.546. The van der Waals surface area contributed by atoms with Gasteiger partial charge in [-0.05, 0) is 31.0 Å². The summed E-state index contributed by atoms with van der Waals surface area (Å²) in [4.78, 5) is 26.3. The second-order valence-electron chi connectivity index (χ2n) is 7.09. The third kappa shape index (κ3) is 4.38. The van der Waals surface area contributed by atoms with Crippen LogP contribution in [0.3, 0.4) is 0 Å². The van der Waals surface area contributed by atoms with Crippen LogP contribution in [0, 0.1) is 5.82 Å². The first-order valence-electron chi connectivity index (χ1n) is 9.18. The molecule has 2 aliphatic rings. The Hall–Kier alpha value is -1.60. The van der Waals surface area contributed by atoms with Crippen LogP contribution >= 0.6 is 11.8 Å². The van der Waals surface area contributed by atoms with Crippen molar-refractivity contribution in [2.75, 3.05) is 36.5 Å². The highest BCUT2D eigenvalue weighted by Gasteiger charge is 2.40. The van der Waals surface area contributed by atoms with Gasteiger partial charge in [-0.15, -0.1) is 0 Å². The molecule has 1 aliphatic carbocycles. The lowest BCUT2D eigenvalue weighted by Crippen LogP contribution is -2.56. The molecule has 0 unspecified atom stereocenters. The van der Waals surface area contributed by atoms with Gasteiger partial charge in [-0.3, -0.25) is 14.5 Å². The number of hydrogen-bond donors (Lipinski definition) is 2. The molecule has 26 heavy (non-hydrogen) atoms. The van der Waals surface area contributed by atoms with E-state index in [1.54, 1.807) is 0 Å². The fourth-order valence-corrected chi connectivity index (χ4v) is 4.88. The van der Waals surface area contributed by atoms with Gasteiger partial charge in [0, 0.05) is 49.2 Å². The molecular weight excluding hydrogens is 353 g/mol. The van der Waals surface area contributed by atoms with Crippen LogP contribution in [0.2, 0.25) is 0 Å². The molecule has 3 rings (SSSR count). The van der Waals surface area contributed by atoms with Gasteiger partial charge < -0.3 is 10.6 Å². The lowest BCUT2D eigenvalue weighted by Gasteiger charge is -2.43. The van der Waals surface area contributed by atoms with Crippen LogP contribution < -0.4 is 10.6 Å². The Kier molecular flexibility index (Phi) is 6.19. The van der Waals surface area contributed by atoms with E-state index in [2.05, 4.69) is 15.5 Å². The van der Waals surface area contributed by atoms with E-state index < -0.39 is 5.82 Å². The summed E-state index contributed by atoms with van der Waals surface area (Å²) in [5, 5.41) is 5.48. The van der Waals surface area contributed by atoms with Gasteiger partial charge in [-0.2, -0.15) is 11.8 Å². The molecule has 0 atom stereocenters. The minimum absolute atomic E-state index is 0.0359. The smallest absolute Gasteiger partial charge is 0.251 e. The third-order valence-corrected chi connectivity index (χ3v) is 6.28. The van der Waals surface area contributed by atoms with Crippen molar-refractivity contribution in [3.8, 4) is 0 Å². The number of thioether (sulfide) groups is 1. The van der Waals surface area contributed by atoms with Crippen LogP contribution in [0.25, 0.3) is 0 Å². The van der Waals surface area contributed by atoms with Crippen molar-refractivity contribution in [3.05, 3.63) is 29.6 Å². The third-order valence-electron chi connectivity index (χ3n) is 5.33. The Balaban J connectivity index is 1.68. The number of amides is 2. The number of carbonyl (C=O) groups excluding carboxylic acids is 2. The van der Waals surface area contributed by atoms with E-state index in [0.717, 1.165) is 37.4 Å². The molecule has 0 aromatic heterocycles. The highest BCUT2D eigenvalue weighted by Crippen LogP contribution is 2.36. The Bertz CT molecular complexity index is 671. The Morgan fingerprint density at radius 1 is 1.23 bits per heavy atom. The number of nitrogens with zero attached hydrogens (tertiary/aromatic N) is 1. The second-order valence-corrected chi connectivity index (χ2v) is 8.31. The normalized spacial score (nSPS) is 19.9. The van der Waals surface area contributed by atoms with Gasteiger partial charge in [0.25, 0.3) is 5.91 Å². The van der Waals surface area contributed by atoms with Gasteiger partial charge >= 0.3 is 0 Å². The predicted octanol–water partition coefficient (Wildman–Crippen LogP) is 2.88. The molecule has 1 aliphatic heterocycles. The first-order valence-corrected chi connectivity index (χ1v) is 10.3. The standard InChI is InChI=1S/C19H26FN3O2S/c1-14(24)22-17-12-15(4-5-16(17)20)18(25)21-13-19(6-2-3-7-19)23-8-10-26-11-9-23/h4-5,12H,2-3,6-11,13H2,1H3,(H,21,25)(H,22,24). The lowest BCUT2D eigenvalue weighted by atomic mass is 9.94. The van der Waals surface area contributed by atoms with Gasteiger partial charge in [-0.25, -0.2) is 4.39 Å². The molecule has 142 valence electrons. The molecule has 0 bridgehead atoms. The molecular formula is C19H26FN3O2S. The fourth-order valence-electron chi connectivity index (χ4n) is 3.97. The molecule has 5 nitrogen and oxygen atoms in total. The predicted molar refractivity (Wildman–Crippen MR) is 103 cm³/mol. The van der Waals surface area contributed by atoms with Crippen molar-refractivity contribution in [3.63, 3.8) is 0 Å². The van der Waals surface area contributed by atoms with Gasteiger partial charge in [0.15, 0.2) is 0 Å². The van der Waals surface area contributed by atoms with Crippen LogP contribution in [0.15, 0.2) is 18.2 Å². The highest BCUT2D eigenvalue weighted by atomic mass is 32.2.